The molecule has 1 heterocycles. The van der Waals surface area contributed by atoms with Crippen molar-refractivity contribution in [3.05, 3.63) is 99.9 Å². The van der Waals surface area contributed by atoms with Gasteiger partial charge in [0, 0.05) is 15.6 Å². The second kappa shape index (κ2) is 9.20. The molecular formula is C23H17Cl2N3O3. The Hall–Kier alpha value is -3.35. The molecule has 0 aliphatic carbocycles. The lowest BCUT2D eigenvalue weighted by Crippen LogP contribution is -2.30. The molecule has 0 spiro atoms. The van der Waals surface area contributed by atoms with Crippen molar-refractivity contribution in [1.29, 1.82) is 0 Å². The second-order valence-electron chi connectivity index (χ2n) is 6.61. The Morgan fingerprint density at radius 1 is 0.968 bits per heavy atom. The fourth-order valence-electron chi connectivity index (χ4n) is 3.06. The van der Waals surface area contributed by atoms with Gasteiger partial charge in [-0.3, -0.25) is 4.79 Å². The van der Waals surface area contributed by atoms with Crippen molar-refractivity contribution in [3.63, 3.8) is 0 Å². The SMILES string of the molecule is COc1ccc(Cl)cc1C(=O)N[C@@H](c1ccc(Cl)cc1)c1nnc(-c2ccccc2)o1. The van der Waals surface area contributed by atoms with Crippen LogP contribution in [-0.2, 0) is 0 Å². The molecule has 3 aromatic carbocycles. The summed E-state index contributed by atoms with van der Waals surface area (Å²) in [5, 5.41) is 12.2. The predicted molar refractivity (Wildman–Crippen MR) is 118 cm³/mol. The Labute approximate surface area is 188 Å². The number of methoxy groups -OCH3 is 1. The van der Waals surface area contributed by atoms with Crippen molar-refractivity contribution in [2.24, 2.45) is 0 Å². The molecule has 4 rings (SSSR count). The van der Waals surface area contributed by atoms with Gasteiger partial charge in [-0.1, -0.05) is 53.5 Å². The molecule has 0 saturated heterocycles. The summed E-state index contributed by atoms with van der Waals surface area (Å²) in [5.74, 6) is 0.575. The fourth-order valence-corrected chi connectivity index (χ4v) is 3.36. The van der Waals surface area contributed by atoms with Crippen LogP contribution in [0.4, 0.5) is 0 Å². The zero-order valence-electron chi connectivity index (χ0n) is 16.4. The fraction of sp³-hybridized carbons (Fsp3) is 0.0870. The average molecular weight is 454 g/mol. The molecule has 8 heteroatoms. The summed E-state index contributed by atoms with van der Waals surface area (Å²) >= 11 is 12.1. The topological polar surface area (TPSA) is 77.2 Å². The van der Waals surface area contributed by atoms with E-state index in [0.29, 0.717) is 21.7 Å². The Balaban J connectivity index is 1.71. The van der Waals surface area contributed by atoms with Gasteiger partial charge in [-0.15, -0.1) is 10.2 Å². The molecule has 1 atom stereocenters. The van der Waals surface area contributed by atoms with Gasteiger partial charge in [-0.25, -0.2) is 0 Å². The third-order valence-electron chi connectivity index (χ3n) is 4.59. The first-order chi connectivity index (χ1) is 15.0. The van der Waals surface area contributed by atoms with E-state index in [2.05, 4.69) is 15.5 Å². The monoisotopic (exact) mass is 453 g/mol. The number of nitrogens with zero attached hydrogens (tertiary/aromatic N) is 2. The van der Waals surface area contributed by atoms with Crippen molar-refractivity contribution in [2.75, 3.05) is 7.11 Å². The van der Waals surface area contributed by atoms with Gasteiger partial charge in [-0.05, 0) is 48.0 Å². The molecule has 0 radical (unpaired) electrons. The van der Waals surface area contributed by atoms with Crippen molar-refractivity contribution in [1.82, 2.24) is 15.5 Å². The Kier molecular flexibility index (Phi) is 6.21. The van der Waals surface area contributed by atoms with Gasteiger partial charge >= 0.3 is 0 Å². The van der Waals surface area contributed by atoms with Crippen LogP contribution in [0.2, 0.25) is 10.0 Å². The summed E-state index contributed by atoms with van der Waals surface area (Å²) in [6.07, 6.45) is 0. The normalized spacial score (nSPS) is 11.7. The number of rotatable bonds is 6. The Bertz CT molecular complexity index is 1190. The molecule has 156 valence electrons. The molecule has 1 N–H and O–H groups in total. The number of ether oxygens (including phenoxy) is 1. The highest BCUT2D eigenvalue weighted by Gasteiger charge is 2.25. The maximum Gasteiger partial charge on any atom is 0.256 e. The highest BCUT2D eigenvalue weighted by molar-refractivity contribution is 6.31. The lowest BCUT2D eigenvalue weighted by Gasteiger charge is -2.17. The number of benzene rings is 3. The van der Waals surface area contributed by atoms with Crippen LogP contribution in [-0.4, -0.2) is 23.2 Å². The molecule has 0 fully saturated rings. The molecule has 0 aliphatic heterocycles. The molecule has 4 aromatic rings. The standard InChI is InChI=1S/C23H17Cl2N3O3/c1-30-19-12-11-17(25)13-18(19)21(29)26-20(14-7-9-16(24)10-8-14)23-28-27-22(31-23)15-5-3-2-4-6-15/h2-13,20H,1H3,(H,26,29)/t20-/m0/s1. The van der Waals surface area contributed by atoms with Gasteiger partial charge in [0.2, 0.25) is 11.8 Å². The summed E-state index contributed by atoms with van der Waals surface area (Å²) in [7, 11) is 1.49. The number of aromatic nitrogens is 2. The summed E-state index contributed by atoms with van der Waals surface area (Å²) in [4.78, 5) is 13.1. The molecule has 0 unspecified atom stereocenters. The van der Waals surface area contributed by atoms with E-state index in [1.54, 1.807) is 36.4 Å². The second-order valence-corrected chi connectivity index (χ2v) is 7.49. The van der Waals surface area contributed by atoms with Crippen LogP contribution in [0.15, 0.2) is 77.2 Å². The van der Waals surface area contributed by atoms with E-state index < -0.39 is 11.9 Å². The molecule has 31 heavy (non-hydrogen) atoms. The average Bonchev–Trinajstić information content (AvgIpc) is 3.28. The molecule has 1 amide bonds. The van der Waals surface area contributed by atoms with Crippen molar-refractivity contribution in [3.8, 4) is 17.2 Å². The Morgan fingerprint density at radius 3 is 2.39 bits per heavy atom. The van der Waals surface area contributed by atoms with Gasteiger partial charge in [-0.2, -0.15) is 0 Å². The van der Waals surface area contributed by atoms with Crippen LogP contribution in [0.5, 0.6) is 5.75 Å². The zero-order chi connectivity index (χ0) is 21.8. The summed E-state index contributed by atoms with van der Waals surface area (Å²) in [5.41, 5.74) is 1.79. The van der Waals surface area contributed by atoms with Crippen molar-refractivity contribution in [2.45, 2.75) is 6.04 Å². The van der Waals surface area contributed by atoms with Crippen molar-refractivity contribution >= 4 is 29.1 Å². The van der Waals surface area contributed by atoms with Gasteiger partial charge in [0.25, 0.3) is 5.91 Å². The van der Waals surface area contributed by atoms with Crippen molar-refractivity contribution < 1.29 is 13.9 Å². The van der Waals surface area contributed by atoms with Gasteiger partial charge in [0.1, 0.15) is 11.8 Å². The first kappa shape index (κ1) is 20.9. The minimum absolute atomic E-state index is 0.232. The van der Waals surface area contributed by atoms with E-state index in [0.717, 1.165) is 11.1 Å². The van der Waals surface area contributed by atoms with Crippen LogP contribution in [0.25, 0.3) is 11.5 Å². The molecule has 1 aromatic heterocycles. The third-order valence-corrected chi connectivity index (χ3v) is 5.08. The first-order valence-electron chi connectivity index (χ1n) is 9.34. The quantitative estimate of drug-likeness (QED) is 0.412. The summed E-state index contributed by atoms with van der Waals surface area (Å²) < 4.78 is 11.2. The third kappa shape index (κ3) is 4.71. The highest BCUT2D eigenvalue weighted by Crippen LogP contribution is 2.28. The van der Waals surface area contributed by atoms with E-state index >= 15 is 0 Å². The van der Waals surface area contributed by atoms with Crippen LogP contribution in [0.1, 0.15) is 27.9 Å². The molecular weight excluding hydrogens is 437 g/mol. The minimum Gasteiger partial charge on any atom is -0.496 e. The molecule has 6 nitrogen and oxygen atoms in total. The summed E-state index contributed by atoms with van der Waals surface area (Å²) in [6.45, 7) is 0. The summed E-state index contributed by atoms with van der Waals surface area (Å²) in [6, 6.07) is 20.5. The zero-order valence-corrected chi connectivity index (χ0v) is 17.9. The number of nitrogens with one attached hydrogen (secondary N) is 1. The minimum atomic E-state index is -0.710. The maximum atomic E-state index is 13.1. The lowest BCUT2D eigenvalue weighted by atomic mass is 10.1. The largest absolute Gasteiger partial charge is 0.496 e. The van der Waals surface area contributed by atoms with E-state index in [1.807, 2.05) is 30.3 Å². The number of carbonyl (C=O) groups is 1. The number of amides is 1. The molecule has 0 saturated carbocycles. The number of halogens is 2. The van der Waals surface area contributed by atoms with Crippen LogP contribution < -0.4 is 10.1 Å². The molecule has 0 bridgehead atoms. The molecule has 0 aliphatic rings. The highest BCUT2D eigenvalue weighted by atomic mass is 35.5. The van der Waals surface area contributed by atoms with Crippen LogP contribution in [0, 0.1) is 0 Å². The van der Waals surface area contributed by atoms with Gasteiger partial charge < -0.3 is 14.5 Å². The number of carbonyl (C=O) groups excluding carboxylic acids is 1. The van der Waals surface area contributed by atoms with E-state index in [-0.39, 0.29) is 11.5 Å². The smallest absolute Gasteiger partial charge is 0.256 e. The maximum absolute atomic E-state index is 13.1. The Morgan fingerprint density at radius 2 is 1.68 bits per heavy atom. The lowest BCUT2D eigenvalue weighted by molar-refractivity contribution is 0.0935. The van der Waals surface area contributed by atoms with Gasteiger partial charge in [0.15, 0.2) is 0 Å². The van der Waals surface area contributed by atoms with E-state index in [1.165, 1.54) is 13.2 Å². The van der Waals surface area contributed by atoms with E-state index in [4.69, 9.17) is 32.4 Å². The predicted octanol–water partition coefficient (Wildman–Crippen LogP) is 5.57. The van der Waals surface area contributed by atoms with E-state index in [9.17, 15) is 4.79 Å². The van der Waals surface area contributed by atoms with Crippen LogP contribution in [0.3, 0.4) is 0 Å². The number of hydrogen-bond donors (Lipinski definition) is 1. The number of hydrogen-bond acceptors (Lipinski definition) is 5. The first-order valence-corrected chi connectivity index (χ1v) is 10.1. The van der Waals surface area contributed by atoms with Crippen LogP contribution >= 0.6 is 23.2 Å². The van der Waals surface area contributed by atoms with Gasteiger partial charge in [0.05, 0.1) is 12.7 Å².